The van der Waals surface area contributed by atoms with Gasteiger partial charge in [0.1, 0.15) is 0 Å². The van der Waals surface area contributed by atoms with Crippen LogP contribution in [-0.4, -0.2) is 19.3 Å². The van der Waals surface area contributed by atoms with E-state index in [0.717, 1.165) is 23.9 Å². The van der Waals surface area contributed by atoms with E-state index in [4.69, 9.17) is 0 Å². The molecule has 0 radical (unpaired) electrons. The predicted molar refractivity (Wildman–Crippen MR) is 59.1 cm³/mol. The fourth-order valence-corrected chi connectivity index (χ4v) is 1.46. The van der Waals surface area contributed by atoms with Crippen LogP contribution >= 0.6 is 0 Å². The summed E-state index contributed by atoms with van der Waals surface area (Å²) < 4.78 is 3.83. The van der Waals surface area contributed by atoms with E-state index in [0.29, 0.717) is 0 Å². The third-order valence-electron chi connectivity index (χ3n) is 2.21. The average Bonchev–Trinajstić information content (AvgIpc) is 2.75. The number of hydrogen-bond acceptors (Lipinski definition) is 3. The Bertz CT molecular complexity index is 454. The summed E-state index contributed by atoms with van der Waals surface area (Å²) in [5, 5.41) is 7.40. The maximum atomic E-state index is 4.36. The van der Waals surface area contributed by atoms with Crippen LogP contribution in [0, 0.1) is 6.92 Å². The average molecular weight is 205 g/mol. The smallest absolute Gasteiger partial charge is 0.207 e. The van der Waals surface area contributed by atoms with E-state index in [1.165, 1.54) is 0 Å². The maximum absolute atomic E-state index is 4.36. The van der Waals surface area contributed by atoms with Crippen molar-refractivity contribution in [1.29, 1.82) is 0 Å². The van der Waals surface area contributed by atoms with Crippen molar-refractivity contribution in [3.05, 3.63) is 24.3 Å². The molecule has 80 valence electrons. The van der Waals surface area contributed by atoms with E-state index in [2.05, 4.69) is 22.3 Å². The van der Waals surface area contributed by atoms with Gasteiger partial charge in [0, 0.05) is 26.0 Å². The van der Waals surface area contributed by atoms with Crippen LogP contribution in [0.3, 0.4) is 0 Å². The third-order valence-corrected chi connectivity index (χ3v) is 2.21. The lowest BCUT2D eigenvalue weighted by Gasteiger charge is -2.01. The van der Waals surface area contributed by atoms with Crippen LogP contribution in [0.1, 0.15) is 12.6 Å². The van der Waals surface area contributed by atoms with Crippen molar-refractivity contribution in [1.82, 2.24) is 19.3 Å². The van der Waals surface area contributed by atoms with Gasteiger partial charge in [-0.2, -0.15) is 5.10 Å². The second-order valence-electron chi connectivity index (χ2n) is 3.53. The summed E-state index contributed by atoms with van der Waals surface area (Å²) in [6.07, 6.45) is 5.74. The standard InChI is InChI=1S/C10H15N5/c1-4-15-7-9(5-11-15)13-10-12-8(2)6-14(10)3/h5-7H,4H2,1-3H3,(H,12,13). The third kappa shape index (κ3) is 2.01. The molecule has 15 heavy (non-hydrogen) atoms. The molecule has 2 aromatic rings. The molecular weight excluding hydrogens is 190 g/mol. The largest absolute Gasteiger partial charge is 0.323 e. The molecule has 0 aromatic carbocycles. The first-order valence-corrected chi connectivity index (χ1v) is 4.98. The number of nitrogens with one attached hydrogen (secondary N) is 1. The minimum atomic E-state index is 0.836. The summed E-state index contributed by atoms with van der Waals surface area (Å²) in [5.74, 6) is 0.836. The SMILES string of the molecule is CCn1cc(Nc2nc(C)cn2C)cn1. The number of hydrogen-bond donors (Lipinski definition) is 1. The van der Waals surface area contributed by atoms with E-state index < -0.39 is 0 Å². The van der Waals surface area contributed by atoms with Gasteiger partial charge >= 0.3 is 0 Å². The Morgan fingerprint density at radius 1 is 1.40 bits per heavy atom. The van der Waals surface area contributed by atoms with E-state index in [1.807, 2.05) is 35.6 Å². The summed E-state index contributed by atoms with van der Waals surface area (Å²) >= 11 is 0. The molecule has 0 spiro atoms. The van der Waals surface area contributed by atoms with Gasteiger partial charge in [-0.1, -0.05) is 0 Å². The van der Waals surface area contributed by atoms with Crippen LogP contribution in [-0.2, 0) is 13.6 Å². The van der Waals surface area contributed by atoms with Gasteiger partial charge in [0.15, 0.2) is 0 Å². The van der Waals surface area contributed by atoms with Gasteiger partial charge in [0.25, 0.3) is 0 Å². The molecule has 5 nitrogen and oxygen atoms in total. The predicted octanol–water partition coefficient (Wildman–Crippen LogP) is 1.69. The van der Waals surface area contributed by atoms with Gasteiger partial charge in [0.2, 0.25) is 5.95 Å². The molecule has 0 atom stereocenters. The molecule has 1 N–H and O–H groups in total. The van der Waals surface area contributed by atoms with Crippen molar-refractivity contribution in [2.24, 2.45) is 7.05 Å². The summed E-state index contributed by atoms with van der Waals surface area (Å²) in [5.41, 5.74) is 1.97. The molecule has 2 aromatic heterocycles. The van der Waals surface area contributed by atoms with Crippen molar-refractivity contribution in [2.75, 3.05) is 5.32 Å². The lowest BCUT2D eigenvalue weighted by Crippen LogP contribution is -1.97. The quantitative estimate of drug-likeness (QED) is 0.829. The van der Waals surface area contributed by atoms with Crippen LogP contribution in [0.15, 0.2) is 18.6 Å². The molecule has 0 unspecified atom stereocenters. The van der Waals surface area contributed by atoms with Crippen molar-refractivity contribution >= 4 is 11.6 Å². The lowest BCUT2D eigenvalue weighted by molar-refractivity contribution is 0.660. The minimum absolute atomic E-state index is 0.836. The van der Waals surface area contributed by atoms with E-state index in [9.17, 15) is 0 Å². The Labute approximate surface area is 88.7 Å². The molecule has 2 rings (SSSR count). The van der Waals surface area contributed by atoms with Gasteiger partial charge in [-0.3, -0.25) is 4.68 Å². The number of anilines is 2. The molecule has 0 saturated heterocycles. The summed E-state index contributed by atoms with van der Waals surface area (Å²) in [7, 11) is 1.96. The highest BCUT2D eigenvalue weighted by Crippen LogP contribution is 2.14. The molecule has 0 aliphatic rings. The highest BCUT2D eigenvalue weighted by atomic mass is 15.3. The number of aryl methyl sites for hydroxylation is 3. The molecule has 2 heterocycles. The van der Waals surface area contributed by atoms with Crippen molar-refractivity contribution in [3.8, 4) is 0 Å². The Hall–Kier alpha value is -1.78. The Morgan fingerprint density at radius 2 is 2.20 bits per heavy atom. The van der Waals surface area contributed by atoms with E-state index in [1.54, 1.807) is 6.20 Å². The number of rotatable bonds is 3. The first kappa shape index (κ1) is 9.76. The van der Waals surface area contributed by atoms with Crippen LogP contribution in [0.5, 0.6) is 0 Å². The fraction of sp³-hybridized carbons (Fsp3) is 0.400. The first-order valence-electron chi connectivity index (χ1n) is 4.98. The zero-order chi connectivity index (χ0) is 10.8. The van der Waals surface area contributed by atoms with Gasteiger partial charge < -0.3 is 9.88 Å². The first-order chi connectivity index (χ1) is 7.19. The summed E-state index contributed by atoms with van der Waals surface area (Å²) in [4.78, 5) is 4.36. The molecule has 0 fully saturated rings. The number of nitrogens with zero attached hydrogens (tertiary/aromatic N) is 4. The second-order valence-corrected chi connectivity index (χ2v) is 3.53. The zero-order valence-electron chi connectivity index (χ0n) is 9.23. The van der Waals surface area contributed by atoms with Gasteiger partial charge in [-0.25, -0.2) is 4.98 Å². The number of aromatic nitrogens is 4. The molecule has 0 aliphatic heterocycles. The Balaban J connectivity index is 2.17. The lowest BCUT2D eigenvalue weighted by atomic mass is 10.5. The fourth-order valence-electron chi connectivity index (χ4n) is 1.46. The molecule has 5 heteroatoms. The molecule has 0 saturated carbocycles. The maximum Gasteiger partial charge on any atom is 0.207 e. The second kappa shape index (κ2) is 3.76. The Morgan fingerprint density at radius 3 is 2.73 bits per heavy atom. The zero-order valence-corrected chi connectivity index (χ0v) is 9.23. The number of imidazole rings is 1. The van der Waals surface area contributed by atoms with Gasteiger partial charge in [-0.15, -0.1) is 0 Å². The molecule has 0 amide bonds. The summed E-state index contributed by atoms with van der Waals surface area (Å²) in [6, 6.07) is 0. The van der Waals surface area contributed by atoms with Gasteiger partial charge in [-0.05, 0) is 13.8 Å². The monoisotopic (exact) mass is 205 g/mol. The van der Waals surface area contributed by atoms with Crippen LogP contribution in [0.2, 0.25) is 0 Å². The summed E-state index contributed by atoms with van der Waals surface area (Å²) in [6.45, 7) is 4.91. The van der Waals surface area contributed by atoms with Crippen LogP contribution in [0.25, 0.3) is 0 Å². The minimum Gasteiger partial charge on any atom is -0.323 e. The van der Waals surface area contributed by atoms with Crippen molar-refractivity contribution in [3.63, 3.8) is 0 Å². The van der Waals surface area contributed by atoms with Crippen molar-refractivity contribution < 1.29 is 0 Å². The van der Waals surface area contributed by atoms with Gasteiger partial charge in [0.05, 0.1) is 17.6 Å². The molecule has 0 bridgehead atoms. The molecular formula is C10H15N5. The Kier molecular flexibility index (Phi) is 2.45. The molecule has 0 aliphatic carbocycles. The highest BCUT2D eigenvalue weighted by Gasteiger charge is 2.03. The van der Waals surface area contributed by atoms with Crippen LogP contribution < -0.4 is 5.32 Å². The highest BCUT2D eigenvalue weighted by molar-refractivity contribution is 5.51. The topological polar surface area (TPSA) is 47.7 Å². The normalized spacial score (nSPS) is 10.6. The van der Waals surface area contributed by atoms with E-state index in [-0.39, 0.29) is 0 Å². The van der Waals surface area contributed by atoms with Crippen molar-refractivity contribution in [2.45, 2.75) is 20.4 Å². The van der Waals surface area contributed by atoms with Crippen LogP contribution in [0.4, 0.5) is 11.6 Å². The van der Waals surface area contributed by atoms with E-state index >= 15 is 0 Å².